The summed E-state index contributed by atoms with van der Waals surface area (Å²) in [6, 6.07) is 8.80. The van der Waals surface area contributed by atoms with Crippen LogP contribution in [0.4, 0.5) is 14.5 Å². The lowest BCUT2D eigenvalue weighted by molar-refractivity contribution is -0.431. The SMILES string of the molecule is COc1c(C2C(C(=O)OCC(Cc3ccccc3N)C(=O)OC(C)(C)C)=C(C)NC(C)=C2[N+](=O)[O-])ccc(F)c1F. The average Bonchev–Trinajstić information content (AvgIpc) is 2.87. The summed E-state index contributed by atoms with van der Waals surface area (Å²) >= 11 is 0. The first-order chi connectivity index (χ1) is 19.2. The Balaban J connectivity index is 2.02. The number of para-hydroxylation sites is 1. The highest BCUT2D eigenvalue weighted by Gasteiger charge is 2.43. The third-order valence-corrected chi connectivity index (χ3v) is 6.41. The molecule has 0 bridgehead atoms. The van der Waals surface area contributed by atoms with Gasteiger partial charge < -0.3 is 25.3 Å². The second-order valence-corrected chi connectivity index (χ2v) is 10.6. The third-order valence-electron chi connectivity index (χ3n) is 6.41. The number of carbonyl (C=O) groups is 2. The normalized spacial score (nSPS) is 16.1. The van der Waals surface area contributed by atoms with Crippen LogP contribution in [-0.4, -0.2) is 36.2 Å². The smallest absolute Gasteiger partial charge is 0.337 e. The van der Waals surface area contributed by atoms with E-state index in [1.165, 1.54) is 13.8 Å². The van der Waals surface area contributed by atoms with Crippen LogP contribution in [0.2, 0.25) is 0 Å². The van der Waals surface area contributed by atoms with Gasteiger partial charge in [-0.15, -0.1) is 0 Å². The number of nitrogens with zero attached hydrogens (tertiary/aromatic N) is 1. The number of hydrogen-bond donors (Lipinski definition) is 2. The van der Waals surface area contributed by atoms with Gasteiger partial charge in [-0.05, 0) is 58.7 Å². The number of nitrogen functional groups attached to an aromatic ring is 1. The van der Waals surface area contributed by atoms with Crippen molar-refractivity contribution in [3.05, 3.63) is 91.9 Å². The minimum atomic E-state index is -1.48. The van der Waals surface area contributed by atoms with Gasteiger partial charge in [0.1, 0.15) is 18.1 Å². The summed E-state index contributed by atoms with van der Waals surface area (Å²) in [5, 5.41) is 14.9. The summed E-state index contributed by atoms with van der Waals surface area (Å²) in [5.74, 6) is -7.27. The molecule has 0 aromatic heterocycles. The summed E-state index contributed by atoms with van der Waals surface area (Å²) in [6.07, 6.45) is 0.0880. The third kappa shape index (κ3) is 7.00. The van der Waals surface area contributed by atoms with Gasteiger partial charge in [-0.25, -0.2) is 9.18 Å². The molecule has 0 saturated carbocycles. The molecule has 12 heteroatoms. The maximum absolute atomic E-state index is 14.7. The van der Waals surface area contributed by atoms with Gasteiger partial charge in [-0.2, -0.15) is 4.39 Å². The molecule has 0 spiro atoms. The molecule has 2 atom stereocenters. The van der Waals surface area contributed by atoms with E-state index >= 15 is 0 Å². The zero-order valence-corrected chi connectivity index (χ0v) is 23.7. The van der Waals surface area contributed by atoms with E-state index in [9.17, 15) is 28.5 Å². The molecule has 1 aliphatic heterocycles. The van der Waals surface area contributed by atoms with Crippen LogP contribution in [0.3, 0.4) is 0 Å². The minimum Gasteiger partial charge on any atom is -0.493 e. The van der Waals surface area contributed by atoms with E-state index in [1.807, 2.05) is 0 Å². The van der Waals surface area contributed by atoms with E-state index in [0.29, 0.717) is 11.3 Å². The Kier molecular flexibility index (Phi) is 9.36. The van der Waals surface area contributed by atoms with Crippen molar-refractivity contribution in [3.8, 4) is 5.75 Å². The molecule has 0 aliphatic carbocycles. The monoisotopic (exact) mass is 573 g/mol. The van der Waals surface area contributed by atoms with Crippen LogP contribution in [0, 0.1) is 27.7 Å². The number of hydrogen-bond acceptors (Lipinski definition) is 9. The van der Waals surface area contributed by atoms with E-state index in [0.717, 1.165) is 19.2 Å². The van der Waals surface area contributed by atoms with E-state index < -0.39 is 64.0 Å². The van der Waals surface area contributed by atoms with Crippen molar-refractivity contribution in [1.82, 2.24) is 5.32 Å². The number of anilines is 1. The first-order valence-corrected chi connectivity index (χ1v) is 12.7. The van der Waals surface area contributed by atoms with Crippen molar-refractivity contribution in [2.75, 3.05) is 19.5 Å². The van der Waals surface area contributed by atoms with E-state index in [1.54, 1.807) is 45.0 Å². The van der Waals surface area contributed by atoms with Crippen LogP contribution >= 0.6 is 0 Å². The van der Waals surface area contributed by atoms with Gasteiger partial charge in [0.2, 0.25) is 5.82 Å². The summed E-state index contributed by atoms with van der Waals surface area (Å²) < 4.78 is 44.9. The van der Waals surface area contributed by atoms with Gasteiger partial charge in [0.15, 0.2) is 11.6 Å². The largest absolute Gasteiger partial charge is 0.493 e. The number of allylic oxidation sites excluding steroid dienone is 3. The van der Waals surface area contributed by atoms with Gasteiger partial charge in [-0.1, -0.05) is 24.3 Å². The second-order valence-electron chi connectivity index (χ2n) is 10.6. The maximum atomic E-state index is 14.7. The maximum Gasteiger partial charge on any atom is 0.337 e. The first kappa shape index (κ1) is 31.1. The molecular formula is C29H33F2N3O7. The molecule has 1 aliphatic rings. The van der Waals surface area contributed by atoms with Crippen molar-refractivity contribution in [2.24, 2.45) is 5.92 Å². The molecule has 0 amide bonds. The quantitative estimate of drug-likeness (QED) is 0.188. The topological polar surface area (TPSA) is 143 Å². The highest BCUT2D eigenvalue weighted by Crippen LogP contribution is 2.43. The fraction of sp³-hybridized carbons (Fsp3) is 0.379. The number of nitrogens with one attached hydrogen (secondary N) is 1. The second kappa shape index (κ2) is 12.4. The fourth-order valence-electron chi connectivity index (χ4n) is 4.62. The Morgan fingerprint density at radius 2 is 1.78 bits per heavy atom. The summed E-state index contributed by atoms with van der Waals surface area (Å²) in [7, 11) is 1.08. The van der Waals surface area contributed by atoms with E-state index in [-0.39, 0.29) is 29.0 Å². The van der Waals surface area contributed by atoms with Crippen molar-refractivity contribution in [1.29, 1.82) is 0 Å². The number of carbonyl (C=O) groups excluding carboxylic acids is 2. The molecule has 3 N–H and O–H groups in total. The lowest BCUT2D eigenvalue weighted by Crippen LogP contribution is -2.35. The van der Waals surface area contributed by atoms with Crippen molar-refractivity contribution in [2.45, 2.75) is 52.6 Å². The van der Waals surface area contributed by atoms with Crippen LogP contribution in [0.15, 0.2) is 59.1 Å². The molecule has 220 valence electrons. The average molecular weight is 574 g/mol. The zero-order chi connectivity index (χ0) is 30.6. The number of rotatable bonds is 9. The predicted octanol–water partition coefficient (Wildman–Crippen LogP) is 4.77. The standard InChI is InChI=1S/C29H33F2N3O7/c1-15-22(23(25(34(37)38)16(2)33-15)19-11-12-20(30)24(31)26(19)39-6)28(36)40-14-18(27(35)41-29(3,4)5)13-17-9-7-8-10-21(17)32/h7-12,18,23,33H,13-14,32H2,1-6H3. The van der Waals surface area contributed by atoms with Gasteiger partial charge >= 0.3 is 11.9 Å². The summed E-state index contributed by atoms with van der Waals surface area (Å²) in [4.78, 5) is 38.1. The fourth-order valence-corrected chi connectivity index (χ4v) is 4.62. The van der Waals surface area contributed by atoms with Crippen LogP contribution in [0.25, 0.3) is 0 Å². The van der Waals surface area contributed by atoms with Gasteiger partial charge in [0.25, 0.3) is 5.70 Å². The highest BCUT2D eigenvalue weighted by molar-refractivity contribution is 5.93. The predicted molar refractivity (Wildman–Crippen MR) is 146 cm³/mol. The number of nitrogens with two attached hydrogens (primary N) is 1. The molecule has 3 rings (SSSR count). The van der Waals surface area contributed by atoms with Gasteiger partial charge in [0.05, 0.1) is 29.2 Å². The Morgan fingerprint density at radius 3 is 2.37 bits per heavy atom. The molecule has 0 radical (unpaired) electrons. The Hall–Kier alpha value is -4.48. The highest BCUT2D eigenvalue weighted by atomic mass is 19.2. The molecule has 10 nitrogen and oxygen atoms in total. The molecule has 1 heterocycles. The lowest BCUT2D eigenvalue weighted by atomic mass is 9.83. The lowest BCUT2D eigenvalue weighted by Gasteiger charge is -2.28. The van der Waals surface area contributed by atoms with Gasteiger partial charge in [-0.3, -0.25) is 14.9 Å². The summed E-state index contributed by atoms with van der Waals surface area (Å²) in [6.45, 7) is 7.55. The zero-order valence-electron chi connectivity index (χ0n) is 23.7. The first-order valence-electron chi connectivity index (χ1n) is 12.7. The van der Waals surface area contributed by atoms with Crippen LogP contribution in [-0.2, 0) is 25.5 Å². The van der Waals surface area contributed by atoms with Crippen molar-refractivity contribution >= 4 is 17.6 Å². The minimum absolute atomic E-state index is 0.0880. The Bertz CT molecular complexity index is 1430. The van der Waals surface area contributed by atoms with Crippen LogP contribution in [0.5, 0.6) is 5.75 Å². The number of halogens is 2. The molecule has 0 saturated heterocycles. The van der Waals surface area contributed by atoms with Crippen LogP contribution in [0.1, 0.15) is 51.7 Å². The molecular weight excluding hydrogens is 540 g/mol. The number of benzene rings is 2. The number of nitro groups is 1. The molecule has 2 aromatic carbocycles. The Morgan fingerprint density at radius 1 is 1.12 bits per heavy atom. The van der Waals surface area contributed by atoms with Crippen molar-refractivity contribution < 1.29 is 37.5 Å². The van der Waals surface area contributed by atoms with Gasteiger partial charge in [0, 0.05) is 16.9 Å². The number of methoxy groups -OCH3 is 1. The molecule has 2 aromatic rings. The molecule has 41 heavy (non-hydrogen) atoms. The number of ether oxygens (including phenoxy) is 3. The number of esters is 2. The molecule has 2 unspecified atom stereocenters. The molecule has 0 fully saturated rings. The Labute approximate surface area is 236 Å². The van der Waals surface area contributed by atoms with E-state index in [4.69, 9.17) is 19.9 Å². The summed E-state index contributed by atoms with van der Waals surface area (Å²) in [5.41, 5.74) is 5.73. The van der Waals surface area contributed by atoms with E-state index in [2.05, 4.69) is 5.32 Å². The number of dihydropyridines is 1. The van der Waals surface area contributed by atoms with Crippen LogP contribution < -0.4 is 15.8 Å². The van der Waals surface area contributed by atoms with Crippen molar-refractivity contribution in [3.63, 3.8) is 0 Å².